The average molecular weight is 348 g/mol. The molecule has 0 N–H and O–H groups in total. The number of hydrogen-bond donors (Lipinski definition) is 0. The Morgan fingerprint density at radius 1 is 1.20 bits per heavy atom. The third-order valence-corrected chi connectivity index (χ3v) is 4.13. The molecule has 6 heteroatoms. The minimum Gasteiger partial charge on any atom is -1.00 e. The summed E-state index contributed by atoms with van der Waals surface area (Å²) in [4.78, 5) is 15.8. The number of ketones is 1. The van der Waals surface area contributed by atoms with Crippen LogP contribution in [0.25, 0.3) is 0 Å². The quantitative estimate of drug-likeness (QED) is 0.521. The van der Waals surface area contributed by atoms with Crippen LogP contribution in [0.15, 0.2) is 10.9 Å². The molecule has 0 amide bonds. The lowest BCUT2D eigenvalue weighted by molar-refractivity contribution is -0.922. The van der Waals surface area contributed by atoms with Crippen molar-refractivity contribution in [3.63, 3.8) is 0 Å². The van der Waals surface area contributed by atoms with Crippen LogP contribution in [-0.2, 0) is 11.2 Å². The molecule has 1 aromatic rings. The Balaban J connectivity index is 0.00000361. The molecule has 0 saturated carbocycles. The topological polar surface area (TPSA) is 56.0 Å². The SMILES string of the molecule is CC[N+](CC)(CC)CCC(=O)CCCc1ncno1.[Br-]. The van der Waals surface area contributed by atoms with E-state index < -0.39 is 0 Å². The van der Waals surface area contributed by atoms with Gasteiger partial charge in [-0.05, 0) is 27.2 Å². The third kappa shape index (κ3) is 6.13. The molecule has 0 unspecified atom stereocenters. The van der Waals surface area contributed by atoms with Crippen molar-refractivity contribution in [2.75, 3.05) is 26.2 Å². The molecule has 0 spiro atoms. The van der Waals surface area contributed by atoms with E-state index in [1.165, 1.54) is 6.33 Å². The zero-order valence-corrected chi connectivity index (χ0v) is 14.4. The molecule has 1 rings (SSSR count). The van der Waals surface area contributed by atoms with E-state index in [1.54, 1.807) is 0 Å². The van der Waals surface area contributed by atoms with Gasteiger partial charge in [0.05, 0.1) is 32.6 Å². The Kier molecular flexibility index (Phi) is 9.67. The van der Waals surface area contributed by atoms with Crippen LogP contribution in [-0.4, -0.2) is 46.6 Å². The predicted molar refractivity (Wildman–Crippen MR) is 73.6 cm³/mol. The second-order valence-corrected chi connectivity index (χ2v) is 4.99. The van der Waals surface area contributed by atoms with Gasteiger partial charge in [0, 0.05) is 12.8 Å². The molecule has 20 heavy (non-hydrogen) atoms. The maximum absolute atomic E-state index is 11.9. The standard InChI is InChI=1S/C14H26N3O2.BrH/c1-4-17(5-2,6-3)11-10-13(18)8-7-9-14-15-12-16-19-14;/h12H,4-11H2,1-3H3;1H/q+1;/p-1. The zero-order valence-electron chi connectivity index (χ0n) is 12.8. The molecule has 116 valence electrons. The Hall–Kier alpha value is -0.750. The summed E-state index contributed by atoms with van der Waals surface area (Å²) in [5.41, 5.74) is 0. The van der Waals surface area contributed by atoms with Crippen molar-refractivity contribution in [2.45, 2.75) is 46.5 Å². The smallest absolute Gasteiger partial charge is 0.226 e. The van der Waals surface area contributed by atoms with E-state index in [9.17, 15) is 4.79 Å². The van der Waals surface area contributed by atoms with Crippen LogP contribution in [0, 0.1) is 0 Å². The summed E-state index contributed by atoms with van der Waals surface area (Å²) < 4.78 is 5.94. The normalized spacial score (nSPS) is 11.2. The largest absolute Gasteiger partial charge is 1.00 e. The van der Waals surface area contributed by atoms with Crippen molar-refractivity contribution in [1.82, 2.24) is 10.1 Å². The minimum absolute atomic E-state index is 0. The molecule has 0 fully saturated rings. The third-order valence-electron chi connectivity index (χ3n) is 4.13. The lowest BCUT2D eigenvalue weighted by Gasteiger charge is -2.35. The molecule has 0 aliphatic heterocycles. The number of Topliss-reactive ketones (excluding diaryl/α,β-unsaturated/α-hetero) is 1. The van der Waals surface area contributed by atoms with Crippen LogP contribution in [0.2, 0.25) is 0 Å². The van der Waals surface area contributed by atoms with E-state index in [-0.39, 0.29) is 17.0 Å². The Morgan fingerprint density at radius 2 is 1.85 bits per heavy atom. The maximum atomic E-state index is 11.9. The van der Waals surface area contributed by atoms with E-state index in [0.29, 0.717) is 30.9 Å². The second-order valence-electron chi connectivity index (χ2n) is 4.99. The summed E-state index contributed by atoms with van der Waals surface area (Å²) in [6, 6.07) is 0. The number of carbonyl (C=O) groups is 1. The number of halogens is 1. The zero-order chi connectivity index (χ0) is 14.1. The van der Waals surface area contributed by atoms with Gasteiger partial charge in [-0.1, -0.05) is 5.16 Å². The van der Waals surface area contributed by atoms with Gasteiger partial charge in [-0.3, -0.25) is 4.79 Å². The van der Waals surface area contributed by atoms with Gasteiger partial charge < -0.3 is 26.0 Å². The van der Waals surface area contributed by atoms with Crippen LogP contribution in [0.4, 0.5) is 0 Å². The lowest BCUT2D eigenvalue weighted by atomic mass is 10.1. The van der Waals surface area contributed by atoms with E-state index in [4.69, 9.17) is 4.52 Å². The van der Waals surface area contributed by atoms with Gasteiger partial charge in [-0.25, -0.2) is 0 Å². The van der Waals surface area contributed by atoms with Crippen LogP contribution >= 0.6 is 0 Å². The van der Waals surface area contributed by atoms with Crippen molar-refractivity contribution in [2.24, 2.45) is 0 Å². The van der Waals surface area contributed by atoms with E-state index in [0.717, 1.165) is 37.1 Å². The first-order valence-electron chi connectivity index (χ1n) is 7.28. The summed E-state index contributed by atoms with van der Waals surface area (Å²) in [6.45, 7) is 10.9. The van der Waals surface area contributed by atoms with Gasteiger partial charge in [0.2, 0.25) is 5.89 Å². The van der Waals surface area contributed by atoms with E-state index in [1.807, 2.05) is 0 Å². The number of hydrogen-bond acceptors (Lipinski definition) is 4. The fourth-order valence-corrected chi connectivity index (χ4v) is 2.37. The molecule has 1 heterocycles. The highest BCUT2D eigenvalue weighted by Crippen LogP contribution is 2.09. The summed E-state index contributed by atoms with van der Waals surface area (Å²) in [7, 11) is 0. The highest BCUT2D eigenvalue weighted by Gasteiger charge is 2.21. The second kappa shape index (κ2) is 10.0. The highest BCUT2D eigenvalue weighted by molar-refractivity contribution is 5.78. The molecule has 0 aromatic carbocycles. The summed E-state index contributed by atoms with van der Waals surface area (Å²) in [5.74, 6) is 0.964. The van der Waals surface area contributed by atoms with Crippen LogP contribution in [0.1, 0.15) is 45.9 Å². The van der Waals surface area contributed by atoms with Crippen molar-refractivity contribution in [3.05, 3.63) is 12.2 Å². The van der Waals surface area contributed by atoms with Gasteiger partial charge in [0.25, 0.3) is 0 Å². The maximum Gasteiger partial charge on any atom is 0.226 e. The first-order valence-corrected chi connectivity index (χ1v) is 7.28. The molecule has 0 bridgehead atoms. The van der Waals surface area contributed by atoms with Crippen LogP contribution in [0.3, 0.4) is 0 Å². The van der Waals surface area contributed by atoms with Crippen LogP contribution in [0.5, 0.6) is 0 Å². The predicted octanol–water partition coefficient (Wildman–Crippen LogP) is -0.768. The minimum atomic E-state index is 0. The van der Waals surface area contributed by atoms with Crippen LogP contribution < -0.4 is 17.0 Å². The molecule has 0 radical (unpaired) electrons. The number of nitrogens with zero attached hydrogens (tertiary/aromatic N) is 3. The molecule has 0 saturated heterocycles. The molecule has 0 aliphatic carbocycles. The number of aryl methyl sites for hydroxylation is 1. The van der Waals surface area contributed by atoms with Gasteiger partial charge in [-0.15, -0.1) is 0 Å². The average Bonchev–Trinajstić information content (AvgIpc) is 2.94. The first kappa shape index (κ1) is 19.2. The van der Waals surface area contributed by atoms with Crippen molar-refractivity contribution in [3.8, 4) is 0 Å². The Morgan fingerprint density at radius 3 is 2.35 bits per heavy atom. The fraction of sp³-hybridized carbons (Fsp3) is 0.786. The molecule has 0 atom stereocenters. The van der Waals surface area contributed by atoms with Gasteiger partial charge >= 0.3 is 0 Å². The Bertz CT molecular complexity index is 356. The van der Waals surface area contributed by atoms with Crippen molar-refractivity contribution >= 4 is 5.78 Å². The lowest BCUT2D eigenvalue weighted by Crippen LogP contribution is -3.00. The Labute approximate surface area is 132 Å². The molecule has 5 nitrogen and oxygen atoms in total. The van der Waals surface area contributed by atoms with Crippen molar-refractivity contribution < 1.29 is 30.8 Å². The number of carbonyl (C=O) groups excluding carboxylic acids is 1. The van der Waals surface area contributed by atoms with E-state index in [2.05, 4.69) is 30.9 Å². The van der Waals surface area contributed by atoms with Gasteiger partial charge in [0.1, 0.15) is 5.78 Å². The number of rotatable bonds is 10. The first-order chi connectivity index (χ1) is 9.15. The summed E-state index contributed by atoms with van der Waals surface area (Å²) >= 11 is 0. The number of aromatic nitrogens is 2. The monoisotopic (exact) mass is 347 g/mol. The number of quaternary nitrogens is 1. The molecular formula is C14H26BrN3O2. The summed E-state index contributed by atoms with van der Waals surface area (Å²) in [5, 5.41) is 3.55. The fourth-order valence-electron chi connectivity index (χ4n) is 2.37. The van der Waals surface area contributed by atoms with Crippen molar-refractivity contribution in [1.29, 1.82) is 0 Å². The van der Waals surface area contributed by atoms with E-state index >= 15 is 0 Å². The van der Waals surface area contributed by atoms with Gasteiger partial charge in [-0.2, -0.15) is 4.98 Å². The summed E-state index contributed by atoms with van der Waals surface area (Å²) in [6.07, 6.45) is 4.18. The molecule has 1 aromatic heterocycles. The molecular weight excluding hydrogens is 322 g/mol. The highest BCUT2D eigenvalue weighted by atomic mass is 79.9. The molecule has 0 aliphatic rings. The van der Waals surface area contributed by atoms with Gasteiger partial charge in [0.15, 0.2) is 6.33 Å².